The zero-order valence-corrected chi connectivity index (χ0v) is 37.0. The van der Waals surface area contributed by atoms with E-state index >= 15 is 0 Å². The van der Waals surface area contributed by atoms with E-state index in [9.17, 15) is 39.0 Å². The van der Waals surface area contributed by atoms with Crippen molar-refractivity contribution in [3.63, 3.8) is 0 Å². The maximum absolute atomic E-state index is 14.0. The van der Waals surface area contributed by atoms with Gasteiger partial charge in [0.05, 0.1) is 17.6 Å². The molecule has 16 nitrogen and oxygen atoms in total. The molecule has 6 amide bonds. The van der Waals surface area contributed by atoms with Crippen LogP contribution < -0.4 is 26.0 Å². The number of anilines is 2. The molecule has 0 bridgehead atoms. The third-order valence-corrected chi connectivity index (χ3v) is 12.4. The summed E-state index contributed by atoms with van der Waals surface area (Å²) in [6.07, 6.45) is 1.20. The van der Waals surface area contributed by atoms with Gasteiger partial charge in [0.25, 0.3) is 11.8 Å². The molecular weight excluding hydrogens is 855 g/mol. The maximum Gasteiger partial charge on any atom is 0.405 e. The molecule has 2 fully saturated rings. The lowest BCUT2D eigenvalue weighted by atomic mass is 10.0. The molecule has 0 saturated carbocycles. The molecule has 2 aliphatic heterocycles. The molecule has 8 rings (SSSR count). The summed E-state index contributed by atoms with van der Waals surface area (Å²) in [7, 11) is 0. The average Bonchev–Trinajstić information content (AvgIpc) is 4.10. The largest absolute Gasteiger partial charge is 0.494 e. The average molecular weight is 908 g/mol. The van der Waals surface area contributed by atoms with Gasteiger partial charge in [-0.15, -0.1) is 0 Å². The quantitative estimate of drug-likeness (QED) is 0.0521. The number of amides is 6. The van der Waals surface area contributed by atoms with Crippen LogP contribution in [0.5, 0.6) is 5.75 Å². The number of benzene rings is 5. The standard InChI is InChI=1S/C51H53N7O9/c1-2-3-28-67-37-22-18-32(19-23-37)31-58-42-29-35(52-46(59)40-16-10-26-56(40)48(61)44(54-50(63)64)33-12-6-4-7-13-33)20-24-38(42)39-25-21-36(30-43(39)58)53-47(60)41-17-11-27-57(41)49(62)45(55-51(65)66)34-14-8-5-9-15-34/h4-9,12-15,18-25,29-30,40-41,44-45,54-55H,2-3,10-11,16-17,26-28,31H2,1H3,(H,52,59)(H,53,60)(H,63,64)(H,65,66)/t40-,41-,44?,45?/m0/s1. The topological polar surface area (TPSA) is 212 Å². The fourth-order valence-electron chi connectivity index (χ4n) is 9.13. The van der Waals surface area contributed by atoms with Crippen LogP contribution in [0.1, 0.15) is 74.2 Å². The van der Waals surface area contributed by atoms with Crippen molar-refractivity contribution in [2.24, 2.45) is 0 Å². The molecule has 6 N–H and O–H groups in total. The third kappa shape index (κ3) is 10.3. The van der Waals surface area contributed by atoms with Gasteiger partial charge in [-0.3, -0.25) is 19.2 Å². The summed E-state index contributed by atoms with van der Waals surface area (Å²) < 4.78 is 8.02. The van der Waals surface area contributed by atoms with E-state index in [2.05, 4.69) is 32.8 Å². The molecule has 3 heterocycles. The Kier molecular flexibility index (Phi) is 14.0. The number of nitrogens with zero attached hydrogens (tertiary/aromatic N) is 3. The fraction of sp³-hybridized carbons (Fsp3) is 0.294. The Bertz CT molecular complexity index is 2620. The minimum Gasteiger partial charge on any atom is -0.494 e. The van der Waals surface area contributed by atoms with Crippen LogP contribution in [0.15, 0.2) is 121 Å². The molecular formula is C51H53N7O9. The van der Waals surface area contributed by atoms with Crippen LogP contribution >= 0.6 is 0 Å². The predicted molar refractivity (Wildman–Crippen MR) is 253 cm³/mol. The van der Waals surface area contributed by atoms with E-state index in [1.807, 2.05) is 48.5 Å². The third-order valence-electron chi connectivity index (χ3n) is 12.4. The highest BCUT2D eigenvalue weighted by Crippen LogP contribution is 2.35. The van der Waals surface area contributed by atoms with Crippen molar-refractivity contribution in [3.8, 4) is 5.75 Å². The second-order valence-electron chi connectivity index (χ2n) is 16.8. The Morgan fingerprint density at radius 1 is 0.627 bits per heavy atom. The molecule has 6 aromatic rings. The first-order valence-electron chi connectivity index (χ1n) is 22.6. The highest BCUT2D eigenvalue weighted by atomic mass is 16.5. The van der Waals surface area contributed by atoms with Crippen LogP contribution in [-0.2, 0) is 25.7 Å². The number of fused-ring (bicyclic) bond motifs is 3. The number of nitrogens with one attached hydrogen (secondary N) is 4. The summed E-state index contributed by atoms with van der Waals surface area (Å²) in [6.45, 7) is 3.72. The van der Waals surface area contributed by atoms with Crippen LogP contribution in [0.25, 0.3) is 21.8 Å². The minimum atomic E-state index is -1.35. The number of carbonyl (C=O) groups is 6. The molecule has 16 heteroatoms. The van der Waals surface area contributed by atoms with Crippen LogP contribution in [0.2, 0.25) is 0 Å². The Morgan fingerprint density at radius 2 is 1.09 bits per heavy atom. The van der Waals surface area contributed by atoms with Crippen molar-refractivity contribution in [1.82, 2.24) is 25.0 Å². The van der Waals surface area contributed by atoms with Gasteiger partial charge in [0.1, 0.15) is 29.9 Å². The molecule has 4 atom stereocenters. The van der Waals surface area contributed by atoms with E-state index in [-0.39, 0.29) is 0 Å². The lowest BCUT2D eigenvalue weighted by Gasteiger charge is -2.28. The molecule has 67 heavy (non-hydrogen) atoms. The summed E-state index contributed by atoms with van der Waals surface area (Å²) in [5, 5.41) is 31.7. The number of hydrogen-bond donors (Lipinski definition) is 6. The summed E-state index contributed by atoms with van der Waals surface area (Å²) >= 11 is 0. The van der Waals surface area contributed by atoms with E-state index in [0.29, 0.717) is 74.4 Å². The Labute approximate surface area is 386 Å². The van der Waals surface area contributed by atoms with E-state index in [1.165, 1.54) is 9.80 Å². The highest BCUT2D eigenvalue weighted by molar-refractivity contribution is 6.11. The molecule has 2 saturated heterocycles. The molecule has 0 aliphatic carbocycles. The molecule has 2 unspecified atom stereocenters. The smallest absolute Gasteiger partial charge is 0.405 e. The van der Waals surface area contributed by atoms with Crippen LogP contribution in [0, 0.1) is 0 Å². The van der Waals surface area contributed by atoms with Gasteiger partial charge < -0.3 is 50.6 Å². The summed E-state index contributed by atoms with van der Waals surface area (Å²) in [4.78, 5) is 82.3. The van der Waals surface area contributed by atoms with Crippen molar-refractivity contribution >= 4 is 69.0 Å². The fourth-order valence-corrected chi connectivity index (χ4v) is 9.13. The second-order valence-corrected chi connectivity index (χ2v) is 16.8. The van der Waals surface area contributed by atoms with Crippen molar-refractivity contribution in [3.05, 3.63) is 138 Å². The lowest BCUT2D eigenvalue weighted by Crippen LogP contribution is -2.48. The van der Waals surface area contributed by atoms with Crippen molar-refractivity contribution in [2.75, 3.05) is 30.3 Å². The summed E-state index contributed by atoms with van der Waals surface area (Å²) in [5.74, 6) is -1.05. The van der Waals surface area contributed by atoms with E-state index in [4.69, 9.17) is 4.74 Å². The molecule has 0 spiro atoms. The molecule has 5 aromatic carbocycles. The highest BCUT2D eigenvalue weighted by Gasteiger charge is 2.40. The Morgan fingerprint density at radius 3 is 1.52 bits per heavy atom. The van der Waals surface area contributed by atoms with Gasteiger partial charge in [-0.25, -0.2) is 9.59 Å². The Hall–Kier alpha value is -7.88. The van der Waals surface area contributed by atoms with Crippen molar-refractivity contribution in [2.45, 2.75) is 76.2 Å². The van der Waals surface area contributed by atoms with Gasteiger partial charge >= 0.3 is 12.2 Å². The van der Waals surface area contributed by atoms with Crippen molar-refractivity contribution in [1.29, 1.82) is 0 Å². The zero-order chi connectivity index (χ0) is 47.0. The molecule has 346 valence electrons. The van der Waals surface area contributed by atoms with Crippen LogP contribution in [-0.4, -0.2) is 92.2 Å². The first-order chi connectivity index (χ1) is 32.5. The SMILES string of the molecule is CCCCOc1ccc(Cn2c3cc(NC(=O)[C@@H]4CCCN4C(=O)C(NC(=O)O)c4ccccc4)ccc3c3ccc(NC(=O)[C@@H]4CCCN4C(=O)C(NC(=O)O)c4ccccc4)cc32)cc1. The summed E-state index contributed by atoms with van der Waals surface area (Å²) in [6, 6.07) is 32.1. The van der Waals surface area contributed by atoms with Gasteiger partial charge in [-0.05, 0) is 85.2 Å². The number of aromatic nitrogens is 1. The maximum atomic E-state index is 14.0. The summed E-state index contributed by atoms with van der Waals surface area (Å²) in [5.41, 5.74) is 4.48. The van der Waals surface area contributed by atoms with Crippen LogP contribution in [0.3, 0.4) is 0 Å². The number of carbonyl (C=O) groups excluding carboxylic acids is 4. The minimum absolute atomic E-state index is 0.293. The van der Waals surface area contributed by atoms with Gasteiger partial charge in [-0.1, -0.05) is 98.3 Å². The number of ether oxygens (including phenoxy) is 1. The zero-order valence-electron chi connectivity index (χ0n) is 37.0. The predicted octanol–water partition coefficient (Wildman–Crippen LogP) is 7.90. The van der Waals surface area contributed by atoms with Crippen LogP contribution in [0.4, 0.5) is 21.0 Å². The van der Waals surface area contributed by atoms with E-state index in [1.54, 1.807) is 72.8 Å². The van der Waals surface area contributed by atoms with E-state index in [0.717, 1.165) is 46.0 Å². The van der Waals surface area contributed by atoms with Crippen molar-refractivity contribution < 1.29 is 43.7 Å². The molecule has 0 radical (unpaired) electrons. The number of likely N-dealkylation sites (tertiary alicyclic amines) is 2. The first kappa shape index (κ1) is 45.7. The number of rotatable bonds is 16. The first-order valence-corrected chi connectivity index (χ1v) is 22.6. The monoisotopic (exact) mass is 907 g/mol. The number of hydrogen-bond acceptors (Lipinski definition) is 7. The second kappa shape index (κ2) is 20.5. The lowest BCUT2D eigenvalue weighted by molar-refractivity contribution is -0.138. The number of carboxylic acid groups (broad SMARTS) is 2. The van der Waals surface area contributed by atoms with Gasteiger partial charge in [0.2, 0.25) is 11.8 Å². The van der Waals surface area contributed by atoms with Gasteiger partial charge in [0.15, 0.2) is 0 Å². The molecule has 2 aliphatic rings. The van der Waals surface area contributed by atoms with Gasteiger partial charge in [0, 0.05) is 41.8 Å². The van der Waals surface area contributed by atoms with E-state index < -0.39 is 60.0 Å². The number of unbranched alkanes of at least 4 members (excludes halogenated alkanes) is 1. The normalized spacial score (nSPS) is 16.6. The Balaban J connectivity index is 1.07. The van der Waals surface area contributed by atoms with Gasteiger partial charge in [-0.2, -0.15) is 0 Å². The molecule has 1 aromatic heterocycles.